The highest BCUT2D eigenvalue weighted by atomic mass is 16.1. The van der Waals surface area contributed by atoms with E-state index in [0.717, 1.165) is 25.6 Å². The van der Waals surface area contributed by atoms with Crippen LogP contribution in [0.4, 0.5) is 0 Å². The highest BCUT2D eigenvalue weighted by Gasteiger charge is 2.32. The molecule has 1 fully saturated rings. The molecule has 0 aromatic rings. The van der Waals surface area contributed by atoms with Crippen molar-refractivity contribution in [2.75, 3.05) is 26.7 Å². The Morgan fingerprint density at radius 1 is 1.44 bits per heavy atom. The van der Waals surface area contributed by atoms with Crippen LogP contribution in [0.15, 0.2) is 0 Å². The Morgan fingerprint density at radius 2 is 2.17 bits per heavy atom. The summed E-state index contributed by atoms with van der Waals surface area (Å²) in [5.74, 6) is 0.605. The second kappa shape index (κ2) is 7.10. The van der Waals surface area contributed by atoms with Crippen LogP contribution in [0.3, 0.4) is 0 Å². The molecule has 106 valence electrons. The Labute approximate surface area is 111 Å². The maximum atomic E-state index is 11.5. The van der Waals surface area contributed by atoms with E-state index in [1.165, 1.54) is 32.1 Å². The van der Waals surface area contributed by atoms with Gasteiger partial charge in [0.05, 0.1) is 0 Å². The summed E-state index contributed by atoms with van der Waals surface area (Å²) in [6, 6.07) is 0. The summed E-state index contributed by atoms with van der Waals surface area (Å²) < 4.78 is 0. The molecule has 1 rings (SSSR count). The van der Waals surface area contributed by atoms with Crippen LogP contribution in [0.2, 0.25) is 0 Å². The summed E-state index contributed by atoms with van der Waals surface area (Å²) in [5, 5.41) is 3.07. The summed E-state index contributed by atoms with van der Waals surface area (Å²) >= 11 is 0. The first-order chi connectivity index (χ1) is 8.51. The number of amides is 1. The Bertz CT molecular complexity index is 270. The van der Waals surface area contributed by atoms with Gasteiger partial charge >= 0.3 is 0 Å². The number of hydrogen-bond donors (Lipinski definition) is 2. The molecule has 1 aliphatic heterocycles. The van der Waals surface area contributed by atoms with E-state index in [0.29, 0.717) is 0 Å². The van der Waals surface area contributed by atoms with Crippen molar-refractivity contribution in [1.82, 2.24) is 10.2 Å². The first kappa shape index (κ1) is 15.4. The molecule has 0 aromatic carbocycles. The van der Waals surface area contributed by atoms with Gasteiger partial charge in [-0.2, -0.15) is 0 Å². The van der Waals surface area contributed by atoms with E-state index in [-0.39, 0.29) is 5.91 Å². The minimum Gasteiger partial charge on any atom is -0.368 e. The Hall–Kier alpha value is -0.610. The lowest BCUT2D eigenvalue weighted by Gasteiger charge is -2.32. The number of rotatable bonds is 6. The van der Waals surface area contributed by atoms with Gasteiger partial charge in [0.2, 0.25) is 5.91 Å². The van der Waals surface area contributed by atoms with Crippen LogP contribution in [0.5, 0.6) is 0 Å². The average molecular weight is 255 g/mol. The lowest BCUT2D eigenvalue weighted by molar-refractivity contribution is -0.124. The number of carbonyl (C=O) groups excluding carboxylic acids is 1. The van der Waals surface area contributed by atoms with Gasteiger partial charge in [0.15, 0.2) is 0 Å². The topological polar surface area (TPSA) is 58.4 Å². The third-order valence-corrected chi connectivity index (χ3v) is 4.27. The molecule has 0 spiro atoms. The van der Waals surface area contributed by atoms with Crippen molar-refractivity contribution in [3.05, 3.63) is 0 Å². The number of likely N-dealkylation sites (N-methyl/N-ethyl adjacent to an activating group) is 1. The van der Waals surface area contributed by atoms with E-state index in [1.54, 1.807) is 0 Å². The standard InChI is InChI=1S/C14H29N3O/c1-4-6-12-7-5-9-17(10-8-12)11-14(2,16-3)13(15)18/h12,16H,4-11H2,1-3H3,(H2,15,18). The van der Waals surface area contributed by atoms with Gasteiger partial charge in [0.1, 0.15) is 5.54 Å². The molecule has 0 aliphatic carbocycles. The van der Waals surface area contributed by atoms with E-state index in [9.17, 15) is 4.79 Å². The largest absolute Gasteiger partial charge is 0.368 e. The number of primary amides is 1. The van der Waals surface area contributed by atoms with Crippen LogP contribution >= 0.6 is 0 Å². The van der Waals surface area contributed by atoms with Crippen molar-refractivity contribution in [1.29, 1.82) is 0 Å². The van der Waals surface area contributed by atoms with Crippen LogP contribution in [0.25, 0.3) is 0 Å². The zero-order valence-corrected chi connectivity index (χ0v) is 12.2. The summed E-state index contributed by atoms with van der Waals surface area (Å²) in [4.78, 5) is 13.9. The molecule has 2 atom stereocenters. The van der Waals surface area contributed by atoms with Crippen molar-refractivity contribution < 1.29 is 4.79 Å². The van der Waals surface area contributed by atoms with Gasteiger partial charge in [-0.25, -0.2) is 0 Å². The third kappa shape index (κ3) is 4.25. The number of likely N-dealkylation sites (tertiary alicyclic amines) is 1. The van der Waals surface area contributed by atoms with Crippen molar-refractivity contribution in [3.63, 3.8) is 0 Å². The highest BCUT2D eigenvalue weighted by molar-refractivity contribution is 5.84. The zero-order chi connectivity index (χ0) is 13.6. The average Bonchev–Trinajstić information content (AvgIpc) is 2.55. The van der Waals surface area contributed by atoms with Gasteiger partial charge in [-0.05, 0) is 52.2 Å². The molecule has 18 heavy (non-hydrogen) atoms. The number of nitrogens with one attached hydrogen (secondary N) is 1. The Balaban J connectivity index is 2.50. The monoisotopic (exact) mass is 255 g/mol. The van der Waals surface area contributed by atoms with Crippen LogP contribution in [-0.4, -0.2) is 43.0 Å². The SMILES string of the molecule is CCCC1CCCN(CC(C)(NC)C(N)=O)CC1. The molecule has 0 aromatic heterocycles. The lowest BCUT2D eigenvalue weighted by Crippen LogP contribution is -2.58. The second-order valence-electron chi connectivity index (χ2n) is 5.81. The van der Waals surface area contributed by atoms with E-state index < -0.39 is 5.54 Å². The molecule has 0 bridgehead atoms. The maximum Gasteiger partial charge on any atom is 0.238 e. The third-order valence-electron chi connectivity index (χ3n) is 4.27. The number of hydrogen-bond acceptors (Lipinski definition) is 3. The Kier molecular flexibility index (Phi) is 6.09. The molecule has 4 nitrogen and oxygen atoms in total. The van der Waals surface area contributed by atoms with E-state index >= 15 is 0 Å². The molecule has 0 radical (unpaired) electrons. The predicted octanol–water partition coefficient (Wildman–Crippen LogP) is 1.35. The Morgan fingerprint density at radius 3 is 2.72 bits per heavy atom. The maximum absolute atomic E-state index is 11.5. The van der Waals surface area contributed by atoms with Gasteiger partial charge in [0, 0.05) is 6.54 Å². The van der Waals surface area contributed by atoms with Gasteiger partial charge in [0.25, 0.3) is 0 Å². The molecule has 0 saturated carbocycles. The first-order valence-corrected chi connectivity index (χ1v) is 7.23. The minimum absolute atomic E-state index is 0.264. The van der Waals surface area contributed by atoms with Crippen molar-refractivity contribution in [2.24, 2.45) is 11.7 Å². The number of nitrogens with two attached hydrogens (primary N) is 1. The summed E-state index contributed by atoms with van der Waals surface area (Å²) in [6.07, 6.45) is 6.44. The van der Waals surface area contributed by atoms with E-state index in [1.807, 2.05) is 14.0 Å². The van der Waals surface area contributed by atoms with E-state index in [4.69, 9.17) is 5.73 Å². The molecule has 1 amide bonds. The van der Waals surface area contributed by atoms with Crippen molar-refractivity contribution >= 4 is 5.91 Å². The molecule has 4 heteroatoms. The number of nitrogens with zero attached hydrogens (tertiary/aromatic N) is 1. The quantitative estimate of drug-likeness (QED) is 0.753. The smallest absolute Gasteiger partial charge is 0.238 e. The zero-order valence-electron chi connectivity index (χ0n) is 12.2. The number of carbonyl (C=O) groups is 1. The van der Waals surface area contributed by atoms with Crippen molar-refractivity contribution in [2.45, 2.75) is 51.5 Å². The first-order valence-electron chi connectivity index (χ1n) is 7.23. The molecule has 1 saturated heterocycles. The highest BCUT2D eigenvalue weighted by Crippen LogP contribution is 2.22. The second-order valence-corrected chi connectivity index (χ2v) is 5.81. The van der Waals surface area contributed by atoms with Crippen LogP contribution < -0.4 is 11.1 Å². The summed E-state index contributed by atoms with van der Waals surface area (Å²) in [6.45, 7) is 7.05. The summed E-state index contributed by atoms with van der Waals surface area (Å²) in [7, 11) is 1.81. The minimum atomic E-state index is -0.607. The van der Waals surface area contributed by atoms with Gasteiger partial charge < -0.3 is 16.0 Å². The van der Waals surface area contributed by atoms with Gasteiger partial charge in [-0.1, -0.05) is 19.8 Å². The van der Waals surface area contributed by atoms with Crippen LogP contribution in [0.1, 0.15) is 46.0 Å². The van der Waals surface area contributed by atoms with Crippen LogP contribution in [-0.2, 0) is 4.79 Å². The van der Waals surface area contributed by atoms with Crippen molar-refractivity contribution in [3.8, 4) is 0 Å². The van der Waals surface area contributed by atoms with Gasteiger partial charge in [-0.3, -0.25) is 4.79 Å². The molecule has 1 aliphatic rings. The lowest BCUT2D eigenvalue weighted by atomic mass is 9.96. The molecular formula is C14H29N3O. The normalized spacial score (nSPS) is 25.4. The molecular weight excluding hydrogens is 226 g/mol. The van der Waals surface area contributed by atoms with Crippen LogP contribution in [0, 0.1) is 5.92 Å². The van der Waals surface area contributed by atoms with E-state index in [2.05, 4.69) is 17.1 Å². The fraction of sp³-hybridized carbons (Fsp3) is 0.929. The fourth-order valence-corrected chi connectivity index (χ4v) is 2.81. The molecule has 1 heterocycles. The fourth-order valence-electron chi connectivity index (χ4n) is 2.81. The van der Waals surface area contributed by atoms with Gasteiger partial charge in [-0.15, -0.1) is 0 Å². The predicted molar refractivity (Wildman–Crippen MR) is 75.3 cm³/mol. The molecule has 2 unspecified atom stereocenters. The summed E-state index contributed by atoms with van der Waals surface area (Å²) in [5.41, 5.74) is 4.88. The molecule has 3 N–H and O–H groups in total.